The van der Waals surface area contributed by atoms with Crippen LogP contribution in [0.1, 0.15) is 24.5 Å². The van der Waals surface area contributed by atoms with Crippen molar-refractivity contribution in [1.29, 1.82) is 0 Å². The summed E-state index contributed by atoms with van der Waals surface area (Å²) in [5, 5.41) is 1.15. The predicted octanol–water partition coefficient (Wildman–Crippen LogP) is 5.19. The number of benzene rings is 3. The van der Waals surface area contributed by atoms with Gasteiger partial charge in [-0.2, -0.15) is 0 Å². The second-order valence-corrected chi connectivity index (χ2v) is 9.69. The Balaban J connectivity index is 1.52. The first-order valence-electron chi connectivity index (χ1n) is 12.7. The van der Waals surface area contributed by atoms with E-state index >= 15 is 0 Å². The first-order valence-corrected chi connectivity index (χ1v) is 13.7. The van der Waals surface area contributed by atoms with Crippen LogP contribution in [0, 0.1) is 0 Å². The molecule has 1 amide bonds. The second kappa shape index (κ2) is 13.8. The molecule has 0 radical (unpaired) electrons. The van der Waals surface area contributed by atoms with Gasteiger partial charge >= 0.3 is 0 Å². The number of rotatable bonds is 13. The molecule has 0 saturated heterocycles. The highest BCUT2D eigenvalue weighted by Gasteiger charge is 2.18. The molecule has 0 spiro atoms. The second-order valence-electron chi connectivity index (χ2n) is 8.74. The van der Waals surface area contributed by atoms with Crippen molar-refractivity contribution in [3.8, 4) is 0 Å². The zero-order chi connectivity index (χ0) is 25.9. The third-order valence-corrected chi connectivity index (χ3v) is 7.07. The molecule has 0 N–H and O–H groups in total. The van der Waals surface area contributed by atoms with Crippen LogP contribution < -0.4 is 5.56 Å². The normalized spacial score (nSPS) is 11.1. The number of fused-ring (bicyclic) bond motifs is 1. The summed E-state index contributed by atoms with van der Waals surface area (Å²) in [4.78, 5) is 33.4. The largest absolute Gasteiger partial charge is 0.382 e. The minimum Gasteiger partial charge on any atom is -0.382 e. The minimum atomic E-state index is -0.0812. The van der Waals surface area contributed by atoms with Crippen molar-refractivity contribution in [2.24, 2.45) is 0 Å². The number of nitrogens with zero attached hydrogens (tertiary/aromatic N) is 3. The average Bonchev–Trinajstić information content (AvgIpc) is 2.94. The molecule has 0 aliphatic carbocycles. The highest BCUT2D eigenvalue weighted by molar-refractivity contribution is 7.99. The van der Waals surface area contributed by atoms with Gasteiger partial charge < -0.3 is 9.64 Å². The van der Waals surface area contributed by atoms with E-state index in [0.29, 0.717) is 55.3 Å². The van der Waals surface area contributed by atoms with Gasteiger partial charge in [0, 0.05) is 32.8 Å². The molecule has 192 valence electrons. The third kappa shape index (κ3) is 7.54. The van der Waals surface area contributed by atoms with Gasteiger partial charge in [0.15, 0.2) is 5.16 Å². The Morgan fingerprint density at radius 1 is 0.946 bits per heavy atom. The van der Waals surface area contributed by atoms with E-state index in [4.69, 9.17) is 9.72 Å². The maximum Gasteiger partial charge on any atom is 0.262 e. The van der Waals surface area contributed by atoms with Crippen LogP contribution in [0.25, 0.3) is 10.9 Å². The summed E-state index contributed by atoms with van der Waals surface area (Å²) in [6.45, 7) is 4.82. The Kier molecular flexibility index (Phi) is 9.91. The lowest BCUT2D eigenvalue weighted by Crippen LogP contribution is -2.34. The van der Waals surface area contributed by atoms with E-state index in [0.717, 1.165) is 12.0 Å². The fourth-order valence-corrected chi connectivity index (χ4v) is 5.07. The van der Waals surface area contributed by atoms with E-state index < -0.39 is 0 Å². The van der Waals surface area contributed by atoms with Crippen LogP contribution in [0.15, 0.2) is 94.9 Å². The molecule has 6 nitrogen and oxygen atoms in total. The lowest BCUT2D eigenvalue weighted by atomic mass is 10.1. The molecule has 0 saturated carbocycles. The van der Waals surface area contributed by atoms with Crippen LogP contribution in [0.2, 0.25) is 0 Å². The molecule has 3 aromatic carbocycles. The van der Waals surface area contributed by atoms with Gasteiger partial charge in [0.2, 0.25) is 5.91 Å². The van der Waals surface area contributed by atoms with Gasteiger partial charge in [0.1, 0.15) is 0 Å². The molecule has 0 aliphatic rings. The number of carbonyl (C=O) groups is 1. The van der Waals surface area contributed by atoms with Gasteiger partial charge in [-0.25, -0.2) is 4.98 Å². The first kappa shape index (κ1) is 26.6. The fourth-order valence-electron chi connectivity index (χ4n) is 4.15. The zero-order valence-electron chi connectivity index (χ0n) is 21.2. The molecule has 1 heterocycles. The molecule has 0 atom stereocenters. The number of ether oxygens (including phenoxy) is 1. The Bertz CT molecular complexity index is 1340. The van der Waals surface area contributed by atoms with Gasteiger partial charge in [-0.05, 0) is 43.0 Å². The zero-order valence-corrected chi connectivity index (χ0v) is 22.0. The number of hydrogen-bond donors (Lipinski definition) is 0. The smallest absolute Gasteiger partial charge is 0.262 e. The summed E-state index contributed by atoms with van der Waals surface area (Å²) in [7, 11) is 0. The first-order chi connectivity index (χ1) is 18.2. The Morgan fingerprint density at radius 3 is 2.35 bits per heavy atom. The number of carbonyl (C=O) groups excluding carboxylic acids is 1. The molecule has 0 fully saturated rings. The average molecular weight is 516 g/mol. The summed E-state index contributed by atoms with van der Waals surface area (Å²) < 4.78 is 7.15. The Hall–Kier alpha value is -3.42. The minimum absolute atomic E-state index is 0.0214. The number of para-hydroxylation sites is 1. The van der Waals surface area contributed by atoms with Gasteiger partial charge in [-0.1, -0.05) is 84.6 Å². The van der Waals surface area contributed by atoms with E-state index in [1.165, 1.54) is 17.3 Å². The quantitative estimate of drug-likeness (QED) is 0.139. The summed E-state index contributed by atoms with van der Waals surface area (Å²) in [6, 6.07) is 27.6. The Morgan fingerprint density at radius 2 is 1.62 bits per heavy atom. The number of amides is 1. The van der Waals surface area contributed by atoms with Gasteiger partial charge in [-0.3, -0.25) is 14.2 Å². The van der Waals surface area contributed by atoms with Crippen molar-refractivity contribution < 1.29 is 9.53 Å². The summed E-state index contributed by atoms with van der Waals surface area (Å²) in [5.41, 5.74) is 2.85. The predicted molar refractivity (Wildman–Crippen MR) is 150 cm³/mol. The maximum absolute atomic E-state index is 13.5. The summed E-state index contributed by atoms with van der Waals surface area (Å²) >= 11 is 1.33. The molecule has 37 heavy (non-hydrogen) atoms. The lowest BCUT2D eigenvalue weighted by molar-refractivity contribution is -0.128. The topological polar surface area (TPSA) is 64.4 Å². The molecular weight excluding hydrogens is 482 g/mol. The van der Waals surface area contributed by atoms with Crippen molar-refractivity contribution in [3.05, 3.63) is 106 Å². The van der Waals surface area contributed by atoms with Crippen LogP contribution in [0.5, 0.6) is 0 Å². The van der Waals surface area contributed by atoms with Gasteiger partial charge in [0.05, 0.1) is 16.7 Å². The maximum atomic E-state index is 13.5. The molecule has 1 aromatic heterocycles. The monoisotopic (exact) mass is 515 g/mol. The molecule has 4 aromatic rings. The van der Waals surface area contributed by atoms with Crippen molar-refractivity contribution in [3.63, 3.8) is 0 Å². The standard InChI is InChI=1S/C30H33N3O3S/c1-2-36-21-11-19-33-29(35)26-16-9-10-17-27(26)31-30(33)37-23-28(34)32(22-25-14-7-4-8-15-25)20-18-24-12-5-3-6-13-24/h3-10,12-17H,2,11,18-23H2,1H3. The van der Waals surface area contributed by atoms with E-state index in [-0.39, 0.29) is 17.2 Å². The molecular formula is C30H33N3O3S. The van der Waals surface area contributed by atoms with Crippen molar-refractivity contribution >= 4 is 28.6 Å². The van der Waals surface area contributed by atoms with Crippen molar-refractivity contribution in [1.82, 2.24) is 14.5 Å². The number of thioether (sulfide) groups is 1. The number of aromatic nitrogens is 2. The molecule has 0 bridgehead atoms. The molecule has 4 rings (SSSR count). The summed E-state index contributed by atoms with van der Waals surface area (Å²) in [5.74, 6) is 0.228. The summed E-state index contributed by atoms with van der Waals surface area (Å²) in [6.07, 6.45) is 1.48. The molecule has 7 heteroatoms. The van der Waals surface area contributed by atoms with Crippen LogP contribution in [0.3, 0.4) is 0 Å². The van der Waals surface area contributed by atoms with Crippen LogP contribution in [0.4, 0.5) is 0 Å². The van der Waals surface area contributed by atoms with Crippen LogP contribution in [-0.4, -0.2) is 45.9 Å². The van der Waals surface area contributed by atoms with Crippen molar-refractivity contribution in [2.45, 2.75) is 38.0 Å². The number of hydrogen-bond acceptors (Lipinski definition) is 5. The molecule has 0 unspecified atom stereocenters. The highest BCUT2D eigenvalue weighted by atomic mass is 32.2. The van der Waals surface area contributed by atoms with E-state index in [1.807, 2.05) is 78.6 Å². The van der Waals surface area contributed by atoms with Gasteiger partial charge in [-0.15, -0.1) is 0 Å². The molecule has 0 aliphatic heterocycles. The van der Waals surface area contributed by atoms with Crippen LogP contribution in [-0.2, 0) is 29.0 Å². The van der Waals surface area contributed by atoms with Gasteiger partial charge in [0.25, 0.3) is 5.56 Å². The fraction of sp³-hybridized carbons (Fsp3) is 0.300. The Labute approximate surface area is 222 Å². The third-order valence-electron chi connectivity index (χ3n) is 6.11. The van der Waals surface area contributed by atoms with E-state index in [2.05, 4.69) is 12.1 Å². The highest BCUT2D eigenvalue weighted by Crippen LogP contribution is 2.20. The van der Waals surface area contributed by atoms with Crippen molar-refractivity contribution in [2.75, 3.05) is 25.5 Å². The van der Waals surface area contributed by atoms with Crippen LogP contribution >= 0.6 is 11.8 Å². The van der Waals surface area contributed by atoms with E-state index in [1.54, 1.807) is 10.6 Å². The van der Waals surface area contributed by atoms with E-state index in [9.17, 15) is 9.59 Å². The lowest BCUT2D eigenvalue weighted by Gasteiger charge is -2.23. The SMILES string of the molecule is CCOCCCn1c(SCC(=O)N(CCc2ccccc2)Cc2ccccc2)nc2ccccc2c1=O.